The van der Waals surface area contributed by atoms with Gasteiger partial charge in [0, 0.05) is 5.69 Å². The van der Waals surface area contributed by atoms with Gasteiger partial charge in [-0.2, -0.15) is 5.10 Å². The lowest BCUT2D eigenvalue weighted by Crippen LogP contribution is -2.54. The van der Waals surface area contributed by atoms with Crippen LogP contribution in [0.15, 0.2) is 6.07 Å². The zero-order chi connectivity index (χ0) is 16.0. The van der Waals surface area contributed by atoms with Crippen LogP contribution in [0.4, 0.5) is 0 Å². The number of nitrogens with two attached hydrogens (primary N) is 1. The van der Waals surface area contributed by atoms with Crippen molar-refractivity contribution in [2.75, 3.05) is 6.54 Å². The Balaban J connectivity index is 2.93. The summed E-state index contributed by atoms with van der Waals surface area (Å²) in [5.74, 6) is -0.302. The van der Waals surface area contributed by atoms with Gasteiger partial charge in [0.2, 0.25) is 5.91 Å². The number of carbonyl (C=O) groups excluding carboxylic acids is 1. The monoisotopic (exact) mass is 294 g/mol. The topological polar surface area (TPSA) is 72.9 Å². The number of aromatic nitrogens is 2. The molecule has 120 valence electrons. The molecule has 1 aromatic heterocycles. The fourth-order valence-corrected chi connectivity index (χ4v) is 2.65. The molecule has 0 spiro atoms. The maximum Gasteiger partial charge on any atom is 0.237 e. The molecular weight excluding hydrogens is 264 g/mol. The molecule has 0 fully saturated rings. The van der Waals surface area contributed by atoms with E-state index in [9.17, 15) is 4.79 Å². The van der Waals surface area contributed by atoms with Gasteiger partial charge in [-0.1, -0.05) is 20.8 Å². The molecule has 0 aliphatic carbocycles. The average Bonchev–Trinajstić information content (AvgIpc) is 2.88. The molecule has 1 rings (SSSR count). The van der Waals surface area contributed by atoms with Crippen LogP contribution in [0.5, 0.6) is 0 Å². The lowest BCUT2D eigenvalue weighted by Gasteiger charge is -2.31. The molecule has 0 aromatic carbocycles. The van der Waals surface area contributed by atoms with E-state index in [2.05, 4.69) is 44.2 Å². The van der Waals surface area contributed by atoms with E-state index in [4.69, 9.17) is 5.73 Å². The van der Waals surface area contributed by atoms with Crippen molar-refractivity contribution in [3.63, 3.8) is 0 Å². The normalized spacial score (nSPS) is 15.7. The molecule has 0 radical (unpaired) electrons. The Morgan fingerprint density at radius 2 is 2.10 bits per heavy atom. The van der Waals surface area contributed by atoms with Crippen molar-refractivity contribution in [3.05, 3.63) is 17.5 Å². The van der Waals surface area contributed by atoms with Crippen LogP contribution in [0, 0.1) is 0 Å². The minimum absolute atomic E-state index is 0.127. The van der Waals surface area contributed by atoms with Crippen molar-refractivity contribution in [1.82, 2.24) is 15.1 Å². The molecule has 1 aromatic rings. The van der Waals surface area contributed by atoms with Gasteiger partial charge in [0.25, 0.3) is 0 Å². The highest BCUT2D eigenvalue weighted by Gasteiger charge is 2.33. The highest BCUT2D eigenvalue weighted by atomic mass is 16.1. The molecule has 5 heteroatoms. The van der Waals surface area contributed by atoms with Crippen molar-refractivity contribution in [1.29, 1.82) is 0 Å². The summed E-state index contributed by atoms with van der Waals surface area (Å²) >= 11 is 0. The Labute approximate surface area is 128 Å². The minimum Gasteiger partial charge on any atom is -0.368 e. The summed E-state index contributed by atoms with van der Waals surface area (Å²) < 4.78 is 2.05. The second kappa shape index (κ2) is 7.59. The Bertz CT molecular complexity index is 469. The minimum atomic E-state index is -0.696. The molecule has 2 atom stereocenters. The molecule has 0 saturated carbocycles. The van der Waals surface area contributed by atoms with E-state index >= 15 is 0 Å². The second-order valence-electron chi connectivity index (χ2n) is 5.95. The number of nitrogens with zero attached hydrogens (tertiary/aromatic N) is 2. The van der Waals surface area contributed by atoms with Gasteiger partial charge in [0.15, 0.2) is 0 Å². The van der Waals surface area contributed by atoms with Crippen LogP contribution in [-0.2, 0) is 17.6 Å². The maximum atomic E-state index is 11.8. The first-order chi connectivity index (χ1) is 9.87. The van der Waals surface area contributed by atoms with E-state index in [1.165, 1.54) is 5.69 Å². The summed E-state index contributed by atoms with van der Waals surface area (Å²) in [5, 5.41) is 7.95. The van der Waals surface area contributed by atoms with Crippen LogP contribution in [0.1, 0.15) is 64.9 Å². The summed E-state index contributed by atoms with van der Waals surface area (Å²) in [5.41, 5.74) is 7.22. The van der Waals surface area contributed by atoms with Crippen molar-refractivity contribution in [2.45, 2.75) is 71.9 Å². The van der Waals surface area contributed by atoms with E-state index in [0.717, 1.165) is 31.5 Å². The lowest BCUT2D eigenvalue weighted by atomic mass is 9.92. The molecular formula is C16H30N4O. The molecule has 2 unspecified atom stereocenters. The highest BCUT2D eigenvalue weighted by molar-refractivity contribution is 5.84. The molecule has 1 amide bonds. The molecule has 0 bridgehead atoms. The quantitative estimate of drug-likeness (QED) is 0.733. The predicted octanol–water partition coefficient (Wildman–Crippen LogP) is 2.20. The summed E-state index contributed by atoms with van der Waals surface area (Å²) in [6.07, 6.45) is 3.47. The summed E-state index contributed by atoms with van der Waals surface area (Å²) in [6.45, 7) is 11.1. The molecule has 0 saturated heterocycles. The van der Waals surface area contributed by atoms with Crippen LogP contribution >= 0.6 is 0 Å². The molecule has 0 aliphatic heterocycles. The fourth-order valence-electron chi connectivity index (χ4n) is 2.65. The molecule has 1 heterocycles. The van der Waals surface area contributed by atoms with Gasteiger partial charge in [-0.3, -0.25) is 9.48 Å². The third-order valence-electron chi connectivity index (χ3n) is 4.02. The number of rotatable bonds is 9. The highest BCUT2D eigenvalue weighted by Crippen LogP contribution is 2.23. The molecule has 5 nitrogen and oxygen atoms in total. The van der Waals surface area contributed by atoms with Gasteiger partial charge >= 0.3 is 0 Å². The van der Waals surface area contributed by atoms with Gasteiger partial charge in [0.05, 0.1) is 17.3 Å². The number of amides is 1. The first-order valence-electron chi connectivity index (χ1n) is 8.00. The zero-order valence-electron chi connectivity index (χ0n) is 14.1. The van der Waals surface area contributed by atoms with Gasteiger partial charge in [-0.15, -0.1) is 0 Å². The molecule has 21 heavy (non-hydrogen) atoms. The standard InChI is InChI=1S/C16H30N4O/c1-6-9-18-16(5,15(17)21)11-12(4)20-14(8-3)10-13(7-2)19-20/h10,12,18H,6-9,11H2,1-5H3,(H2,17,21). The van der Waals surface area contributed by atoms with E-state index < -0.39 is 5.54 Å². The number of carbonyl (C=O) groups is 1. The van der Waals surface area contributed by atoms with Gasteiger partial charge in [-0.25, -0.2) is 0 Å². The third-order valence-corrected chi connectivity index (χ3v) is 4.02. The number of hydrogen-bond acceptors (Lipinski definition) is 3. The summed E-state index contributed by atoms with van der Waals surface area (Å²) in [6, 6.07) is 2.28. The summed E-state index contributed by atoms with van der Waals surface area (Å²) in [4.78, 5) is 11.8. The van der Waals surface area contributed by atoms with Gasteiger partial charge < -0.3 is 11.1 Å². The Kier molecular flexibility index (Phi) is 6.40. The number of hydrogen-bond donors (Lipinski definition) is 2. The van der Waals surface area contributed by atoms with Crippen LogP contribution in [-0.4, -0.2) is 27.8 Å². The molecule has 3 N–H and O–H groups in total. The summed E-state index contributed by atoms with van der Waals surface area (Å²) in [7, 11) is 0. The predicted molar refractivity (Wildman–Crippen MR) is 86.2 cm³/mol. The van der Waals surface area contributed by atoms with Crippen LogP contribution < -0.4 is 11.1 Å². The molecule has 0 aliphatic rings. The number of nitrogens with one attached hydrogen (secondary N) is 1. The van der Waals surface area contributed by atoms with Crippen molar-refractivity contribution in [2.24, 2.45) is 5.73 Å². The Morgan fingerprint density at radius 3 is 2.57 bits per heavy atom. The zero-order valence-corrected chi connectivity index (χ0v) is 14.1. The van der Waals surface area contributed by atoms with Crippen LogP contribution in [0.3, 0.4) is 0 Å². The van der Waals surface area contributed by atoms with Crippen molar-refractivity contribution in [3.8, 4) is 0 Å². The first-order valence-corrected chi connectivity index (χ1v) is 8.00. The van der Waals surface area contributed by atoms with E-state index in [1.54, 1.807) is 0 Å². The number of aryl methyl sites for hydroxylation is 2. The first kappa shape index (κ1) is 17.7. The van der Waals surface area contributed by atoms with Crippen LogP contribution in [0.25, 0.3) is 0 Å². The largest absolute Gasteiger partial charge is 0.368 e. The van der Waals surface area contributed by atoms with Gasteiger partial charge in [0.1, 0.15) is 0 Å². The van der Waals surface area contributed by atoms with Gasteiger partial charge in [-0.05, 0) is 52.1 Å². The SMILES string of the molecule is CCCNC(C)(CC(C)n1nc(CC)cc1CC)C(N)=O. The smallest absolute Gasteiger partial charge is 0.237 e. The van der Waals surface area contributed by atoms with Crippen LogP contribution in [0.2, 0.25) is 0 Å². The average molecular weight is 294 g/mol. The third kappa shape index (κ3) is 4.30. The number of primary amides is 1. The maximum absolute atomic E-state index is 11.8. The fraction of sp³-hybridized carbons (Fsp3) is 0.750. The Morgan fingerprint density at radius 1 is 1.43 bits per heavy atom. The van der Waals surface area contributed by atoms with E-state index in [0.29, 0.717) is 6.42 Å². The second-order valence-corrected chi connectivity index (χ2v) is 5.95. The van der Waals surface area contributed by atoms with Crippen molar-refractivity contribution < 1.29 is 4.79 Å². The lowest BCUT2D eigenvalue weighted by molar-refractivity contribution is -0.124. The van der Waals surface area contributed by atoms with E-state index in [-0.39, 0.29) is 11.9 Å². The van der Waals surface area contributed by atoms with Crippen molar-refractivity contribution >= 4 is 5.91 Å². The van der Waals surface area contributed by atoms with E-state index in [1.807, 2.05) is 11.6 Å². The Hall–Kier alpha value is -1.36.